The van der Waals surface area contributed by atoms with Crippen LogP contribution in [0.1, 0.15) is 17.5 Å². The van der Waals surface area contributed by atoms with Crippen molar-refractivity contribution in [3.63, 3.8) is 0 Å². The maximum Gasteiger partial charge on any atom is 0.222 e. The zero-order valence-electron chi connectivity index (χ0n) is 14.6. The van der Waals surface area contributed by atoms with Gasteiger partial charge in [0.15, 0.2) is 10.6 Å². The van der Waals surface area contributed by atoms with E-state index in [0.717, 1.165) is 22.5 Å². The zero-order valence-corrected chi connectivity index (χ0v) is 17.0. The van der Waals surface area contributed by atoms with E-state index in [-0.39, 0.29) is 12.3 Å². The topological polar surface area (TPSA) is 62.7 Å². The van der Waals surface area contributed by atoms with Crippen molar-refractivity contribution < 1.29 is 4.79 Å². The smallest absolute Gasteiger partial charge is 0.222 e. The van der Waals surface area contributed by atoms with Crippen LogP contribution in [-0.4, -0.2) is 20.7 Å². The molecule has 0 bridgehead atoms. The lowest BCUT2D eigenvalue weighted by molar-refractivity contribution is -0.121. The molecule has 0 saturated carbocycles. The second-order valence-electron chi connectivity index (χ2n) is 6.14. The predicted octanol–water partition coefficient (Wildman–Crippen LogP) is 4.93. The summed E-state index contributed by atoms with van der Waals surface area (Å²) in [7, 11) is 0. The van der Waals surface area contributed by atoms with Crippen molar-refractivity contribution in [2.75, 3.05) is 0 Å². The lowest BCUT2D eigenvalue weighted by Crippen LogP contribution is -2.24. The van der Waals surface area contributed by atoms with Crippen LogP contribution in [0.4, 0.5) is 0 Å². The molecule has 140 valence electrons. The fourth-order valence-corrected chi connectivity index (χ4v) is 3.39. The van der Waals surface area contributed by atoms with Gasteiger partial charge in [0.2, 0.25) is 5.91 Å². The maximum atomic E-state index is 12.2. The number of carbonyl (C=O) groups excluding carboxylic acids is 1. The number of hydrogen-bond acceptors (Lipinski definition) is 3. The molecular formula is C19H18Cl2N4OS. The number of aromatic amines is 1. The summed E-state index contributed by atoms with van der Waals surface area (Å²) in [4.78, 5) is 12.2. The fraction of sp³-hybridized carbons (Fsp3) is 0.211. The van der Waals surface area contributed by atoms with Gasteiger partial charge >= 0.3 is 0 Å². The Hall–Kier alpha value is -2.15. The Balaban J connectivity index is 1.64. The normalized spacial score (nSPS) is 10.8. The minimum atomic E-state index is -0.0979. The SMILES string of the molecule is Cc1cccc(-c2n[nH]c(=S)n2CCC(=O)NCc2ccc(Cl)cc2Cl)c1. The van der Waals surface area contributed by atoms with E-state index in [0.29, 0.717) is 27.9 Å². The van der Waals surface area contributed by atoms with Gasteiger partial charge in [0.05, 0.1) is 0 Å². The van der Waals surface area contributed by atoms with Crippen LogP contribution in [0.5, 0.6) is 0 Å². The van der Waals surface area contributed by atoms with Crippen LogP contribution >= 0.6 is 35.4 Å². The molecular weight excluding hydrogens is 403 g/mol. The Bertz CT molecular complexity index is 1030. The van der Waals surface area contributed by atoms with E-state index in [1.54, 1.807) is 18.2 Å². The molecule has 0 aliphatic carbocycles. The molecule has 0 saturated heterocycles. The molecule has 1 aromatic heterocycles. The number of aryl methyl sites for hydroxylation is 1. The first kappa shape index (κ1) is 19.6. The number of nitrogens with zero attached hydrogens (tertiary/aromatic N) is 2. The highest BCUT2D eigenvalue weighted by Crippen LogP contribution is 2.21. The molecule has 2 aromatic carbocycles. The number of benzene rings is 2. The van der Waals surface area contributed by atoms with Crippen LogP contribution < -0.4 is 5.32 Å². The van der Waals surface area contributed by atoms with E-state index < -0.39 is 0 Å². The number of halogens is 2. The first-order valence-electron chi connectivity index (χ1n) is 8.37. The summed E-state index contributed by atoms with van der Waals surface area (Å²) in [6.07, 6.45) is 0.276. The number of amides is 1. The summed E-state index contributed by atoms with van der Waals surface area (Å²) >= 11 is 17.3. The molecule has 0 aliphatic rings. The maximum absolute atomic E-state index is 12.2. The Kier molecular flexibility index (Phi) is 6.31. The molecule has 0 unspecified atom stereocenters. The quantitative estimate of drug-likeness (QED) is 0.555. The summed E-state index contributed by atoms with van der Waals surface area (Å²) in [5.41, 5.74) is 2.90. The third kappa shape index (κ3) is 4.97. The number of H-pyrrole nitrogens is 1. The van der Waals surface area contributed by atoms with Crippen molar-refractivity contribution in [2.24, 2.45) is 0 Å². The molecule has 3 aromatic rings. The molecule has 1 amide bonds. The zero-order chi connectivity index (χ0) is 19.4. The molecule has 2 N–H and O–H groups in total. The van der Waals surface area contributed by atoms with Crippen molar-refractivity contribution >= 4 is 41.3 Å². The molecule has 5 nitrogen and oxygen atoms in total. The Morgan fingerprint density at radius 2 is 2.07 bits per heavy atom. The highest BCUT2D eigenvalue weighted by Gasteiger charge is 2.11. The molecule has 27 heavy (non-hydrogen) atoms. The first-order valence-corrected chi connectivity index (χ1v) is 9.53. The average molecular weight is 421 g/mol. The van der Waals surface area contributed by atoms with Gasteiger partial charge in [-0.3, -0.25) is 14.5 Å². The van der Waals surface area contributed by atoms with E-state index in [2.05, 4.69) is 15.5 Å². The largest absolute Gasteiger partial charge is 0.352 e. The summed E-state index contributed by atoms with van der Waals surface area (Å²) in [6, 6.07) is 13.2. The Morgan fingerprint density at radius 3 is 2.81 bits per heavy atom. The number of rotatable bonds is 6. The Labute approximate surface area is 172 Å². The van der Waals surface area contributed by atoms with Crippen LogP contribution in [0.15, 0.2) is 42.5 Å². The average Bonchev–Trinajstić information content (AvgIpc) is 3.00. The number of carbonyl (C=O) groups is 1. The van der Waals surface area contributed by atoms with Gasteiger partial charge in [0.25, 0.3) is 0 Å². The third-order valence-corrected chi connectivity index (χ3v) is 4.99. The van der Waals surface area contributed by atoms with E-state index >= 15 is 0 Å². The fourth-order valence-electron chi connectivity index (χ4n) is 2.69. The molecule has 8 heteroatoms. The van der Waals surface area contributed by atoms with Gasteiger partial charge < -0.3 is 5.32 Å². The van der Waals surface area contributed by atoms with Crippen LogP contribution in [0, 0.1) is 11.7 Å². The minimum absolute atomic E-state index is 0.0979. The van der Waals surface area contributed by atoms with Gasteiger partial charge in [-0.25, -0.2) is 0 Å². The number of hydrogen-bond donors (Lipinski definition) is 2. The van der Waals surface area contributed by atoms with Gasteiger partial charge in [-0.05, 0) is 42.9 Å². The van der Waals surface area contributed by atoms with E-state index in [4.69, 9.17) is 35.4 Å². The van der Waals surface area contributed by atoms with Crippen molar-refractivity contribution in [3.8, 4) is 11.4 Å². The predicted molar refractivity (Wildman–Crippen MR) is 111 cm³/mol. The Morgan fingerprint density at radius 1 is 1.26 bits per heavy atom. The standard InChI is InChI=1S/C19H18Cl2N4OS/c1-12-3-2-4-13(9-12)18-23-24-19(27)25(18)8-7-17(26)22-11-14-5-6-15(20)10-16(14)21/h2-6,9-10H,7-8,11H2,1H3,(H,22,26)(H,24,27). The van der Waals surface area contributed by atoms with Crippen LogP contribution in [0.2, 0.25) is 10.0 Å². The second-order valence-corrected chi connectivity index (χ2v) is 7.37. The molecule has 0 radical (unpaired) electrons. The van der Waals surface area contributed by atoms with Gasteiger partial charge in [-0.1, -0.05) is 53.0 Å². The first-order chi connectivity index (χ1) is 12.9. The molecule has 0 aliphatic heterocycles. The number of nitrogens with one attached hydrogen (secondary N) is 2. The molecule has 0 fully saturated rings. The summed E-state index contributed by atoms with van der Waals surface area (Å²) in [5.74, 6) is 0.622. The second kappa shape index (κ2) is 8.69. The summed E-state index contributed by atoms with van der Waals surface area (Å²) in [6.45, 7) is 2.79. The molecule has 3 rings (SSSR count). The summed E-state index contributed by atoms with van der Waals surface area (Å²) in [5, 5.41) is 11.1. The van der Waals surface area contributed by atoms with Crippen molar-refractivity contribution in [2.45, 2.75) is 26.4 Å². The third-order valence-electron chi connectivity index (χ3n) is 4.09. The van der Waals surface area contributed by atoms with Crippen molar-refractivity contribution in [1.29, 1.82) is 0 Å². The highest BCUT2D eigenvalue weighted by molar-refractivity contribution is 7.71. The van der Waals surface area contributed by atoms with E-state index in [1.807, 2.05) is 35.8 Å². The van der Waals surface area contributed by atoms with Crippen molar-refractivity contribution in [3.05, 3.63) is 68.4 Å². The lowest BCUT2D eigenvalue weighted by Gasteiger charge is -2.09. The van der Waals surface area contributed by atoms with Gasteiger partial charge in [-0.2, -0.15) is 5.10 Å². The van der Waals surface area contributed by atoms with Gasteiger partial charge in [-0.15, -0.1) is 0 Å². The molecule has 1 heterocycles. The van der Waals surface area contributed by atoms with E-state index in [1.165, 1.54) is 0 Å². The van der Waals surface area contributed by atoms with Gasteiger partial charge in [0, 0.05) is 35.1 Å². The lowest BCUT2D eigenvalue weighted by atomic mass is 10.1. The molecule has 0 spiro atoms. The molecule has 0 atom stereocenters. The van der Waals surface area contributed by atoms with Crippen LogP contribution in [-0.2, 0) is 17.9 Å². The summed E-state index contributed by atoms with van der Waals surface area (Å²) < 4.78 is 2.32. The van der Waals surface area contributed by atoms with E-state index in [9.17, 15) is 4.79 Å². The van der Waals surface area contributed by atoms with Crippen LogP contribution in [0.25, 0.3) is 11.4 Å². The monoisotopic (exact) mass is 420 g/mol. The van der Waals surface area contributed by atoms with Crippen molar-refractivity contribution in [1.82, 2.24) is 20.1 Å². The highest BCUT2D eigenvalue weighted by atomic mass is 35.5. The number of aromatic nitrogens is 3. The van der Waals surface area contributed by atoms with Crippen LogP contribution in [0.3, 0.4) is 0 Å². The minimum Gasteiger partial charge on any atom is -0.352 e. The van der Waals surface area contributed by atoms with Gasteiger partial charge in [0.1, 0.15) is 0 Å².